The van der Waals surface area contributed by atoms with Crippen molar-refractivity contribution in [2.75, 3.05) is 31.7 Å². The van der Waals surface area contributed by atoms with Crippen molar-refractivity contribution in [2.24, 2.45) is 11.8 Å². The van der Waals surface area contributed by atoms with Crippen LogP contribution in [0, 0.1) is 11.8 Å². The summed E-state index contributed by atoms with van der Waals surface area (Å²) < 4.78 is 11.1. The van der Waals surface area contributed by atoms with Crippen LogP contribution in [0.2, 0.25) is 0 Å². The van der Waals surface area contributed by atoms with Crippen LogP contribution in [0.15, 0.2) is 23.8 Å². The SMILES string of the molecule is COc1ccc2c(c1O)N(C(C)=O)C1C3C(O)OCC=C4CN5CCC21C5CC43. The maximum Gasteiger partial charge on any atom is 0.224 e. The molecule has 5 aliphatic rings. The Kier molecular flexibility index (Phi) is 3.51. The van der Waals surface area contributed by atoms with E-state index in [0.29, 0.717) is 18.0 Å². The molecule has 154 valence electrons. The lowest BCUT2D eigenvalue weighted by atomic mass is 9.55. The Morgan fingerprint density at radius 3 is 2.97 bits per heavy atom. The van der Waals surface area contributed by atoms with E-state index in [-0.39, 0.29) is 41.0 Å². The summed E-state index contributed by atoms with van der Waals surface area (Å²) >= 11 is 0. The van der Waals surface area contributed by atoms with Gasteiger partial charge in [0, 0.05) is 30.8 Å². The van der Waals surface area contributed by atoms with E-state index >= 15 is 0 Å². The van der Waals surface area contributed by atoms with Crippen molar-refractivity contribution in [1.82, 2.24) is 4.90 Å². The third kappa shape index (κ3) is 1.96. The molecule has 4 heterocycles. The van der Waals surface area contributed by atoms with Crippen molar-refractivity contribution in [3.8, 4) is 11.5 Å². The molecule has 7 heteroatoms. The lowest BCUT2D eigenvalue weighted by Crippen LogP contribution is -2.66. The van der Waals surface area contributed by atoms with E-state index in [1.165, 1.54) is 12.7 Å². The van der Waals surface area contributed by atoms with Gasteiger partial charge in [0.25, 0.3) is 0 Å². The molecule has 7 nitrogen and oxygen atoms in total. The fourth-order valence-corrected chi connectivity index (χ4v) is 7.23. The highest BCUT2D eigenvalue weighted by molar-refractivity contribution is 5.99. The summed E-state index contributed by atoms with van der Waals surface area (Å²) in [6.07, 6.45) is 3.03. The summed E-state index contributed by atoms with van der Waals surface area (Å²) in [6.45, 7) is 3.79. The molecule has 1 spiro atoms. The molecule has 6 rings (SSSR count). The number of aromatic hydroxyl groups is 1. The van der Waals surface area contributed by atoms with Crippen molar-refractivity contribution in [2.45, 2.75) is 43.6 Å². The zero-order chi connectivity index (χ0) is 20.1. The number of anilines is 1. The molecule has 1 amide bonds. The molecule has 4 aliphatic heterocycles. The summed E-state index contributed by atoms with van der Waals surface area (Å²) in [6, 6.07) is 3.85. The average Bonchev–Trinajstić information content (AvgIpc) is 3.17. The third-order valence-electron chi connectivity index (χ3n) is 8.18. The summed E-state index contributed by atoms with van der Waals surface area (Å²) in [5.74, 6) is 0.210. The number of phenols is 1. The van der Waals surface area contributed by atoms with Crippen LogP contribution in [-0.2, 0) is 14.9 Å². The van der Waals surface area contributed by atoms with Crippen molar-refractivity contribution in [1.29, 1.82) is 0 Å². The molecule has 6 unspecified atom stereocenters. The lowest BCUT2D eigenvalue weighted by Gasteiger charge is -2.56. The number of phenolic OH excluding ortho intramolecular Hbond substituents is 1. The molecule has 1 aromatic rings. The quantitative estimate of drug-likeness (QED) is 0.696. The van der Waals surface area contributed by atoms with Gasteiger partial charge in [-0.3, -0.25) is 9.69 Å². The van der Waals surface area contributed by atoms with Crippen LogP contribution in [0.5, 0.6) is 11.5 Å². The number of ether oxygens (including phenoxy) is 2. The highest BCUT2D eigenvalue weighted by atomic mass is 16.6. The van der Waals surface area contributed by atoms with E-state index in [9.17, 15) is 15.0 Å². The van der Waals surface area contributed by atoms with Gasteiger partial charge in [0.2, 0.25) is 5.91 Å². The number of nitrogens with zero attached hydrogens (tertiary/aromatic N) is 2. The van der Waals surface area contributed by atoms with E-state index in [0.717, 1.165) is 31.5 Å². The number of carbonyl (C=O) groups excluding carboxylic acids is 1. The summed E-state index contributed by atoms with van der Waals surface area (Å²) in [5.41, 5.74) is 2.56. The number of hydrogen-bond acceptors (Lipinski definition) is 6. The standard InChI is InChI=1S/C22H26N2O5/c1-11(25)24-18-14(3-4-15(28-2)19(18)26)22-6-7-23-10-12-5-8-29-21(27)17(20(22)24)13(12)9-16(22)23/h3-5,13,16-17,20-21,26-27H,6-10H2,1-2H3. The first kappa shape index (κ1) is 17.7. The Labute approximate surface area is 169 Å². The van der Waals surface area contributed by atoms with Crippen LogP contribution < -0.4 is 9.64 Å². The van der Waals surface area contributed by atoms with Gasteiger partial charge in [0.05, 0.1) is 25.4 Å². The number of benzene rings is 1. The van der Waals surface area contributed by atoms with E-state index in [2.05, 4.69) is 11.0 Å². The van der Waals surface area contributed by atoms with Gasteiger partial charge in [-0.05, 0) is 36.9 Å². The number of aliphatic hydroxyl groups is 1. The monoisotopic (exact) mass is 398 g/mol. The average molecular weight is 398 g/mol. The largest absolute Gasteiger partial charge is 0.503 e. The van der Waals surface area contributed by atoms with E-state index < -0.39 is 6.29 Å². The van der Waals surface area contributed by atoms with Gasteiger partial charge in [0.15, 0.2) is 17.8 Å². The van der Waals surface area contributed by atoms with Crippen LogP contribution in [0.3, 0.4) is 0 Å². The normalized spacial score (nSPS) is 39.5. The van der Waals surface area contributed by atoms with Crippen molar-refractivity contribution >= 4 is 11.6 Å². The second-order valence-electron chi connectivity index (χ2n) is 9.05. The topological polar surface area (TPSA) is 82.5 Å². The molecule has 1 aliphatic carbocycles. The van der Waals surface area contributed by atoms with Crippen LogP contribution in [0.1, 0.15) is 25.3 Å². The molecule has 3 fully saturated rings. The highest BCUT2D eigenvalue weighted by Crippen LogP contribution is 2.66. The number of carbonyl (C=O) groups is 1. The molecule has 2 bridgehead atoms. The van der Waals surface area contributed by atoms with Crippen molar-refractivity contribution < 1.29 is 24.5 Å². The van der Waals surface area contributed by atoms with E-state index in [4.69, 9.17) is 9.47 Å². The van der Waals surface area contributed by atoms with E-state index in [1.54, 1.807) is 17.9 Å². The minimum absolute atomic E-state index is 0.0109. The molecular weight excluding hydrogens is 372 g/mol. The van der Waals surface area contributed by atoms with Crippen LogP contribution in [0.25, 0.3) is 0 Å². The highest BCUT2D eigenvalue weighted by Gasteiger charge is 2.69. The van der Waals surface area contributed by atoms with Crippen LogP contribution >= 0.6 is 0 Å². The van der Waals surface area contributed by atoms with Gasteiger partial charge in [0.1, 0.15) is 0 Å². The first-order valence-corrected chi connectivity index (χ1v) is 10.4. The molecule has 0 radical (unpaired) electrons. The summed E-state index contributed by atoms with van der Waals surface area (Å²) in [4.78, 5) is 17.2. The Hall–Kier alpha value is -2.09. The Balaban J connectivity index is 1.65. The smallest absolute Gasteiger partial charge is 0.224 e. The first-order chi connectivity index (χ1) is 14.0. The van der Waals surface area contributed by atoms with Gasteiger partial charge in [-0.25, -0.2) is 0 Å². The molecule has 1 aromatic carbocycles. The fourth-order valence-electron chi connectivity index (χ4n) is 7.23. The summed E-state index contributed by atoms with van der Waals surface area (Å²) in [7, 11) is 1.52. The van der Waals surface area contributed by atoms with Crippen LogP contribution in [0.4, 0.5) is 5.69 Å². The molecule has 29 heavy (non-hydrogen) atoms. The van der Waals surface area contributed by atoms with Crippen LogP contribution in [-0.4, -0.2) is 66.2 Å². The Morgan fingerprint density at radius 2 is 2.21 bits per heavy atom. The number of amides is 1. The predicted molar refractivity (Wildman–Crippen MR) is 105 cm³/mol. The van der Waals surface area contributed by atoms with Gasteiger partial charge in [-0.1, -0.05) is 17.7 Å². The zero-order valence-electron chi connectivity index (χ0n) is 16.7. The number of piperidine rings is 1. The number of fused-ring (bicyclic) bond motifs is 2. The zero-order valence-corrected chi connectivity index (χ0v) is 16.7. The molecule has 1 saturated carbocycles. The molecule has 2 saturated heterocycles. The first-order valence-electron chi connectivity index (χ1n) is 10.4. The molecule has 2 N–H and O–H groups in total. The second-order valence-corrected chi connectivity index (χ2v) is 9.05. The number of rotatable bonds is 1. The van der Waals surface area contributed by atoms with Gasteiger partial charge >= 0.3 is 0 Å². The maximum atomic E-state index is 13.0. The predicted octanol–water partition coefficient (Wildman–Crippen LogP) is 1.37. The Bertz CT molecular complexity index is 945. The van der Waals surface area contributed by atoms with Gasteiger partial charge in [-0.2, -0.15) is 0 Å². The maximum absolute atomic E-state index is 13.0. The molecule has 0 aromatic heterocycles. The summed E-state index contributed by atoms with van der Waals surface area (Å²) in [5, 5.41) is 22.1. The molecule has 6 atom stereocenters. The van der Waals surface area contributed by atoms with Gasteiger partial charge < -0.3 is 24.6 Å². The van der Waals surface area contributed by atoms with Crippen molar-refractivity contribution in [3.05, 3.63) is 29.3 Å². The van der Waals surface area contributed by atoms with Crippen molar-refractivity contribution in [3.63, 3.8) is 0 Å². The second kappa shape index (κ2) is 5.74. The lowest BCUT2D eigenvalue weighted by molar-refractivity contribution is -0.156. The molecular formula is C22H26N2O5. The number of aliphatic hydroxyl groups excluding tert-OH is 1. The van der Waals surface area contributed by atoms with Gasteiger partial charge in [-0.15, -0.1) is 0 Å². The minimum atomic E-state index is -0.941. The Morgan fingerprint density at radius 1 is 1.38 bits per heavy atom. The third-order valence-corrected chi connectivity index (χ3v) is 8.18. The number of methoxy groups -OCH3 is 1. The van der Waals surface area contributed by atoms with E-state index in [1.807, 2.05) is 6.07 Å². The minimum Gasteiger partial charge on any atom is -0.503 e. The number of hydrogen-bond donors (Lipinski definition) is 2. The fraction of sp³-hybridized carbons (Fsp3) is 0.591.